The minimum atomic E-state index is -1.06. The molecule has 0 aromatic heterocycles. The van der Waals surface area contributed by atoms with Crippen molar-refractivity contribution in [2.45, 2.75) is 113 Å². The molecule has 72 heavy (non-hydrogen) atoms. The Morgan fingerprint density at radius 1 is 0.653 bits per heavy atom. The quantitative estimate of drug-likeness (QED) is 0.0194. The summed E-state index contributed by atoms with van der Waals surface area (Å²) >= 11 is 0. The zero-order valence-electron chi connectivity index (χ0n) is 43.2. The summed E-state index contributed by atoms with van der Waals surface area (Å²) in [6.07, 6.45) is 36.7. The summed E-state index contributed by atoms with van der Waals surface area (Å²) in [7, 11) is -0.993. The molecule has 1 rings (SSSR count). The average Bonchev–Trinajstić information content (AvgIpc) is 3.38. The molecule has 0 fully saturated rings. The molecule has 0 aliphatic heterocycles. The van der Waals surface area contributed by atoms with Crippen LogP contribution in [0.4, 0.5) is 5.69 Å². The van der Waals surface area contributed by atoms with Gasteiger partial charge in [-0.15, -0.1) is 30.3 Å². The number of hydrogen-bond donors (Lipinski definition) is 0. The molecule has 0 radical (unpaired) electrons. The molecule has 6 heteroatoms. The smallest absolute Gasteiger partial charge is 0.358 e. The molecule has 0 aliphatic rings. The standard InChI is InChI=1S/C34H25P.C12H27P.C11H3.C9H6N3.Pt/c1-7-13-19-21-22-25-27-32(26-24-20-14-8-2)33(28-23-15-9-3)34(29-16-10-4)35(30-17-11-5)31-18-12-6;1-4-7-10-13(11-8-5-2)12-9-6-3;1-3-5-7-9-11-10-8-6-4-2;1-3-8-7(2)5-4-6-9(8)11-12-10;/h1H,2-4,11-12,17-18,30-31H2,5-6H3;4-12H2,1-3H3;1H3;1,4,6H,2H3;/q;;2*-1;+2/p+2. The summed E-state index contributed by atoms with van der Waals surface area (Å²) in [6.45, 7) is 25.5. The van der Waals surface area contributed by atoms with E-state index in [-0.39, 0.29) is 29.0 Å². The van der Waals surface area contributed by atoms with E-state index in [1.54, 1.807) is 37.5 Å². The molecule has 0 unspecified atom stereocenters. The normalized spacial score (nSPS) is 7.31. The van der Waals surface area contributed by atoms with Crippen molar-refractivity contribution < 1.29 is 21.1 Å². The second-order valence-electron chi connectivity index (χ2n) is 14.0. The average molecular weight is 1160 g/mol. The van der Waals surface area contributed by atoms with Crippen LogP contribution in [-0.4, -0.2) is 30.8 Å². The number of aryl methyl sites for hydroxylation is 1. The van der Waals surface area contributed by atoms with Crippen molar-refractivity contribution in [3.8, 4) is 113 Å². The van der Waals surface area contributed by atoms with Gasteiger partial charge in [-0.1, -0.05) is 113 Å². The Morgan fingerprint density at radius 3 is 1.62 bits per heavy atom. The Labute approximate surface area is 453 Å². The molecule has 0 spiro atoms. The summed E-state index contributed by atoms with van der Waals surface area (Å²) in [5.41, 5.74) is 44.8. The van der Waals surface area contributed by atoms with E-state index in [1.807, 2.05) is 12.8 Å². The zero-order chi connectivity index (χ0) is 53.3. The van der Waals surface area contributed by atoms with Gasteiger partial charge in [-0.2, -0.15) is 18.2 Å². The van der Waals surface area contributed by atoms with Gasteiger partial charge in [-0.3, -0.25) is 5.92 Å². The van der Waals surface area contributed by atoms with Crippen molar-refractivity contribution in [1.29, 1.82) is 0 Å². The van der Waals surface area contributed by atoms with Crippen molar-refractivity contribution in [1.82, 2.24) is 0 Å². The molecule has 1 aromatic carbocycles. The van der Waals surface area contributed by atoms with E-state index in [9.17, 15) is 0 Å². The number of rotatable bonds is 19. The summed E-state index contributed by atoms with van der Waals surface area (Å²) in [6, 6.07) is 6.25. The maximum Gasteiger partial charge on any atom is 2.00 e. The largest absolute Gasteiger partial charge is 2.00 e. The van der Waals surface area contributed by atoms with Gasteiger partial charge in [0.25, 0.3) is 0 Å². The number of azide groups is 1. The second kappa shape index (κ2) is 57.6. The summed E-state index contributed by atoms with van der Waals surface area (Å²) in [5, 5.41) is 4.39. The van der Waals surface area contributed by atoms with Crippen LogP contribution in [0.25, 0.3) is 10.4 Å². The van der Waals surface area contributed by atoms with Gasteiger partial charge in [0.05, 0.1) is 36.4 Å². The van der Waals surface area contributed by atoms with Crippen LogP contribution in [0, 0.1) is 133 Å². The molecule has 0 saturated carbocycles. The number of hydrogen-bond acceptors (Lipinski definition) is 1. The van der Waals surface area contributed by atoms with Crippen molar-refractivity contribution in [2.24, 2.45) is 5.11 Å². The number of nitrogens with zero attached hydrogens (tertiary/aromatic N) is 3. The van der Waals surface area contributed by atoms with E-state index in [2.05, 4.69) is 234 Å². The first-order valence-electron chi connectivity index (χ1n) is 23.2. The third-order valence-electron chi connectivity index (χ3n) is 8.73. The Hall–Kier alpha value is -7.74. The fourth-order valence-corrected chi connectivity index (χ4v) is 11.7. The molecule has 360 valence electrons. The van der Waals surface area contributed by atoms with E-state index in [1.165, 1.54) is 38.5 Å². The Morgan fingerprint density at radius 2 is 1.14 bits per heavy atom. The third-order valence-corrected chi connectivity index (χ3v) is 14.9. The minimum absolute atomic E-state index is 0. The van der Waals surface area contributed by atoms with Gasteiger partial charge in [0.2, 0.25) is 0 Å². The molecule has 0 N–H and O–H groups in total. The first-order valence-corrected chi connectivity index (χ1v) is 27.3. The van der Waals surface area contributed by atoms with Gasteiger partial charge in [0.15, 0.2) is 5.31 Å². The van der Waals surface area contributed by atoms with Crippen molar-refractivity contribution in [3.63, 3.8) is 0 Å². The minimum Gasteiger partial charge on any atom is -0.358 e. The van der Waals surface area contributed by atoms with E-state index in [0.717, 1.165) is 48.9 Å². The van der Waals surface area contributed by atoms with E-state index in [0.29, 0.717) is 22.4 Å². The first kappa shape index (κ1) is 70.8. The molecule has 0 saturated heterocycles. The van der Waals surface area contributed by atoms with Crippen LogP contribution < -0.4 is 0 Å². The van der Waals surface area contributed by atoms with Gasteiger partial charge in [0.1, 0.15) is 5.57 Å². The van der Waals surface area contributed by atoms with Crippen LogP contribution in [0.2, 0.25) is 0 Å². The number of benzene rings is 1. The van der Waals surface area contributed by atoms with Crippen molar-refractivity contribution in [3.05, 3.63) is 151 Å². The number of terminal acetylenes is 2. The van der Waals surface area contributed by atoms with E-state index in [4.69, 9.17) is 24.8 Å². The number of allylic oxidation sites excluding steroid dienone is 3. The molecule has 0 heterocycles. The Bertz CT molecular complexity index is 3040. The van der Waals surface area contributed by atoms with Gasteiger partial charge in [-0.05, 0) is 187 Å². The second-order valence-corrected chi connectivity index (χ2v) is 19.7. The predicted molar refractivity (Wildman–Crippen MR) is 308 cm³/mol. The first-order chi connectivity index (χ1) is 34.7. The molecule has 1 aromatic rings. The van der Waals surface area contributed by atoms with Gasteiger partial charge < -0.3 is 6.42 Å². The third kappa shape index (κ3) is 42.4. The summed E-state index contributed by atoms with van der Waals surface area (Å²) in [5.74, 6) is 42.1. The molecular formula is C66H63N3P2Pt+2. The van der Waals surface area contributed by atoms with Gasteiger partial charge in [-0.25, -0.2) is 5.92 Å². The molecule has 0 amide bonds. The van der Waals surface area contributed by atoms with E-state index >= 15 is 0 Å². The zero-order valence-corrected chi connectivity index (χ0v) is 47.5. The molecule has 0 bridgehead atoms. The van der Waals surface area contributed by atoms with Crippen LogP contribution in [0.3, 0.4) is 0 Å². The van der Waals surface area contributed by atoms with Gasteiger partial charge >= 0.3 is 21.1 Å². The predicted octanol–water partition coefficient (Wildman–Crippen LogP) is 14.9. The molecule has 0 atom stereocenters. The van der Waals surface area contributed by atoms with Crippen LogP contribution >= 0.6 is 15.8 Å². The monoisotopic (exact) mass is 1150 g/mol. The molecule has 3 nitrogen and oxygen atoms in total. The SMILES string of the molecule is C#CC#CC#CC#CC(=C=C=C=C=C=C)C(=C=C=C=C=C)C(=C=C=C=C)[PH+](CCCC)CCCC.C#Cc1c(C)[c-]ccc1N=[N+]=[N-].CCCC[PH+](CCCC)CCCC.[C-]#CC#CC#CC#CC#CC.[Pt+2]. The Kier molecular flexibility index (Phi) is 56.6. The van der Waals surface area contributed by atoms with Crippen molar-refractivity contribution in [2.75, 3.05) is 30.8 Å². The Balaban J connectivity index is -0.000000505. The number of unbranched alkanes of at least 4 members (excludes halogenated alkanes) is 5. The van der Waals surface area contributed by atoms with Crippen LogP contribution in [0.15, 0.2) is 122 Å². The van der Waals surface area contributed by atoms with Crippen LogP contribution in [-0.2, 0) is 21.1 Å². The van der Waals surface area contributed by atoms with Crippen LogP contribution in [0.1, 0.15) is 117 Å². The maximum atomic E-state index is 8.21. The fourth-order valence-electron chi connectivity index (χ4n) is 5.34. The van der Waals surface area contributed by atoms with E-state index < -0.39 is 7.92 Å². The maximum absolute atomic E-state index is 8.21. The van der Waals surface area contributed by atoms with Gasteiger partial charge in [0, 0.05) is 20.8 Å². The topological polar surface area (TPSA) is 48.8 Å². The van der Waals surface area contributed by atoms with Crippen LogP contribution in [0.5, 0.6) is 0 Å². The fraction of sp³-hybridized carbons (Fsp3) is 0.333. The van der Waals surface area contributed by atoms with Crippen molar-refractivity contribution >= 4 is 21.5 Å². The summed E-state index contributed by atoms with van der Waals surface area (Å²) < 4.78 is 0. The molecule has 0 aliphatic carbocycles. The summed E-state index contributed by atoms with van der Waals surface area (Å²) in [4.78, 5) is 2.67. The molecular weight excluding hydrogens is 1090 g/mol.